The maximum absolute atomic E-state index is 13.3. The Hall–Kier alpha value is -4.14. The summed E-state index contributed by atoms with van der Waals surface area (Å²) < 4.78 is 0. The van der Waals surface area contributed by atoms with Gasteiger partial charge in [0.2, 0.25) is 5.91 Å². The van der Waals surface area contributed by atoms with Gasteiger partial charge in [-0.05, 0) is 29.7 Å². The van der Waals surface area contributed by atoms with Crippen molar-refractivity contribution >= 4 is 24.0 Å². The summed E-state index contributed by atoms with van der Waals surface area (Å²) >= 11 is 0. The van der Waals surface area contributed by atoms with Crippen molar-refractivity contribution in [3.8, 4) is 11.1 Å². The lowest BCUT2D eigenvalue weighted by Crippen LogP contribution is -2.44. The molecule has 1 aromatic carbocycles. The number of nitrogens with zero attached hydrogens (tertiary/aromatic N) is 2. The summed E-state index contributed by atoms with van der Waals surface area (Å²) in [6.07, 6.45) is 4.39. The van der Waals surface area contributed by atoms with Gasteiger partial charge in [0, 0.05) is 36.4 Å². The van der Waals surface area contributed by atoms with Gasteiger partial charge in [0.05, 0.1) is 24.5 Å². The highest BCUT2D eigenvalue weighted by Crippen LogP contribution is 2.36. The summed E-state index contributed by atoms with van der Waals surface area (Å²) in [7, 11) is 0. The fourth-order valence-electron chi connectivity index (χ4n) is 3.91. The molecule has 0 fully saturated rings. The molecule has 0 radical (unpaired) electrons. The summed E-state index contributed by atoms with van der Waals surface area (Å²) in [5, 5.41) is 21.4. The van der Waals surface area contributed by atoms with Crippen molar-refractivity contribution in [2.75, 3.05) is 6.54 Å². The molecule has 4 rings (SSSR count). The smallest absolute Gasteiger partial charge is 0.404 e. The molecule has 0 saturated heterocycles. The maximum Gasteiger partial charge on any atom is 0.404 e. The van der Waals surface area contributed by atoms with Crippen LogP contribution in [0.3, 0.4) is 0 Å². The van der Waals surface area contributed by atoms with E-state index in [0.717, 1.165) is 22.3 Å². The molecule has 0 aromatic heterocycles. The number of aromatic nitrogens is 2. The highest BCUT2D eigenvalue weighted by molar-refractivity contribution is 6.02. The number of carbonyl (C=O) groups is 3. The van der Waals surface area contributed by atoms with Gasteiger partial charge in [0.15, 0.2) is 0 Å². The first-order valence-corrected chi connectivity index (χ1v) is 10.2. The number of amides is 3. The normalized spacial score (nSPS) is 13.5. The molecule has 32 heavy (non-hydrogen) atoms. The molecule has 0 bridgehead atoms. The number of carbonyl (C=O) groups excluding carboxylic acids is 2. The number of benzene rings is 1. The van der Waals surface area contributed by atoms with E-state index in [1.807, 2.05) is 30.3 Å². The number of nitrogens with one attached hydrogen (secondary N) is 3. The van der Waals surface area contributed by atoms with Crippen LogP contribution in [0, 0.1) is 0 Å². The van der Waals surface area contributed by atoms with Gasteiger partial charge in [-0.2, -0.15) is 5.10 Å². The van der Waals surface area contributed by atoms with Crippen LogP contribution in [0.15, 0.2) is 48.8 Å². The highest BCUT2D eigenvalue weighted by Gasteiger charge is 2.28. The zero-order chi connectivity index (χ0) is 22.7. The first-order valence-electron chi connectivity index (χ1n) is 10.2. The van der Waals surface area contributed by atoms with Gasteiger partial charge in [-0.1, -0.05) is 30.3 Å². The molecule has 0 spiro atoms. The van der Waals surface area contributed by atoms with Gasteiger partial charge in [-0.25, -0.2) is 4.79 Å². The van der Waals surface area contributed by atoms with Crippen LogP contribution in [0.5, 0.6) is 0 Å². The Morgan fingerprint density at radius 3 is 2.75 bits per heavy atom. The van der Waals surface area contributed by atoms with Crippen LogP contribution in [-0.2, 0) is 17.8 Å². The molecule has 9 nitrogen and oxygen atoms in total. The van der Waals surface area contributed by atoms with Crippen molar-refractivity contribution in [3.05, 3.63) is 71.2 Å². The van der Waals surface area contributed by atoms with E-state index in [0.29, 0.717) is 17.7 Å². The van der Waals surface area contributed by atoms with Gasteiger partial charge < -0.3 is 20.6 Å². The Morgan fingerprint density at radius 2 is 2.03 bits per heavy atom. The minimum atomic E-state index is -1.16. The van der Waals surface area contributed by atoms with Gasteiger partial charge in [-0.3, -0.25) is 14.7 Å². The fraction of sp³-hybridized carbons (Fsp3) is 0.217. The van der Waals surface area contributed by atoms with E-state index in [9.17, 15) is 14.4 Å². The lowest BCUT2D eigenvalue weighted by Gasteiger charge is -2.20. The molecule has 0 unspecified atom stereocenters. The summed E-state index contributed by atoms with van der Waals surface area (Å²) in [5.41, 5.74) is 4.48. The monoisotopic (exact) mass is 433 g/mol. The Kier molecular flexibility index (Phi) is 5.89. The Balaban J connectivity index is 1.64. The quantitative estimate of drug-likeness (QED) is 0.475. The van der Waals surface area contributed by atoms with Crippen molar-refractivity contribution in [2.45, 2.75) is 25.9 Å². The predicted octanol–water partition coefficient (Wildman–Crippen LogP) is 2.46. The van der Waals surface area contributed by atoms with E-state index in [4.69, 9.17) is 5.11 Å². The topological polar surface area (TPSA) is 127 Å². The zero-order valence-electron chi connectivity index (χ0n) is 17.5. The van der Waals surface area contributed by atoms with Crippen LogP contribution in [0.4, 0.5) is 4.79 Å². The first kappa shape index (κ1) is 21.1. The second-order valence-corrected chi connectivity index (χ2v) is 7.66. The van der Waals surface area contributed by atoms with Gasteiger partial charge >= 0.3 is 6.09 Å². The Morgan fingerprint density at radius 1 is 1.25 bits per heavy atom. The largest absolute Gasteiger partial charge is 0.465 e. The molecule has 1 aromatic rings. The van der Waals surface area contributed by atoms with Gasteiger partial charge in [-0.15, -0.1) is 0 Å². The van der Waals surface area contributed by atoms with Crippen molar-refractivity contribution in [1.82, 2.24) is 25.7 Å². The van der Waals surface area contributed by atoms with Gasteiger partial charge in [0.25, 0.3) is 5.91 Å². The molecule has 3 amide bonds. The van der Waals surface area contributed by atoms with Crippen LogP contribution in [0.1, 0.15) is 34.1 Å². The summed E-state index contributed by atoms with van der Waals surface area (Å²) in [4.78, 5) is 37.9. The highest BCUT2D eigenvalue weighted by atomic mass is 16.4. The number of rotatable bonds is 6. The van der Waals surface area contributed by atoms with Crippen molar-refractivity contribution in [1.29, 1.82) is 0 Å². The van der Waals surface area contributed by atoms with Crippen LogP contribution < -0.4 is 10.6 Å². The van der Waals surface area contributed by atoms with Crippen molar-refractivity contribution < 1.29 is 19.5 Å². The van der Waals surface area contributed by atoms with E-state index < -0.39 is 12.1 Å². The number of aromatic amines is 1. The Labute approximate surface area is 184 Å². The first-order chi connectivity index (χ1) is 15.4. The SMILES string of the molecule is CC(=O)N1C=Cc2[nH]ncc3cc(C(=O)N[C@H](CNC(=O)O)Cc4ccccc4)c(c2-3)C1. The molecule has 164 valence electrons. The molecule has 0 saturated carbocycles. The van der Waals surface area contributed by atoms with Crippen LogP contribution in [0.2, 0.25) is 0 Å². The fourth-order valence-corrected chi connectivity index (χ4v) is 3.91. The van der Waals surface area contributed by atoms with E-state index in [1.54, 1.807) is 24.5 Å². The molecular weight excluding hydrogens is 410 g/mol. The molecule has 2 aliphatic heterocycles. The zero-order valence-corrected chi connectivity index (χ0v) is 17.5. The standard InChI is InChI=1S/C23H23N5O4/c1-14(29)28-8-7-20-21-16(11-25-27-20)10-18(19(21)13-28)22(30)26-17(12-24-23(31)32)9-15-5-3-2-4-6-15/h2-8,10-11,17,24,27H,9,12-13H2,1H3,(H,26,30)(H,31,32)/t17-/m0/s1. The average Bonchev–Trinajstić information content (AvgIpc) is 3.02. The molecule has 9 heteroatoms. The van der Waals surface area contributed by atoms with Crippen LogP contribution >= 0.6 is 0 Å². The number of hydrogen-bond donors (Lipinski definition) is 4. The summed E-state index contributed by atoms with van der Waals surface area (Å²) in [6.45, 7) is 1.78. The maximum atomic E-state index is 13.3. The van der Waals surface area contributed by atoms with Crippen LogP contribution in [-0.4, -0.2) is 50.7 Å². The predicted molar refractivity (Wildman–Crippen MR) is 118 cm³/mol. The molecule has 1 aliphatic carbocycles. The van der Waals surface area contributed by atoms with Gasteiger partial charge in [0.1, 0.15) is 0 Å². The lowest BCUT2D eigenvalue weighted by atomic mass is 10.0. The third-order valence-electron chi connectivity index (χ3n) is 5.43. The number of carboxylic acid groups (broad SMARTS) is 1. The number of hydrogen-bond acceptors (Lipinski definition) is 4. The van der Waals surface area contributed by atoms with E-state index >= 15 is 0 Å². The lowest BCUT2D eigenvalue weighted by molar-refractivity contribution is -0.126. The minimum Gasteiger partial charge on any atom is -0.465 e. The van der Waals surface area contributed by atoms with Crippen molar-refractivity contribution in [3.63, 3.8) is 0 Å². The van der Waals surface area contributed by atoms with Crippen LogP contribution in [0.25, 0.3) is 17.2 Å². The third-order valence-corrected chi connectivity index (χ3v) is 5.43. The minimum absolute atomic E-state index is 0.0627. The third kappa shape index (κ3) is 4.46. The second kappa shape index (κ2) is 8.93. The van der Waals surface area contributed by atoms with Crippen molar-refractivity contribution in [2.24, 2.45) is 0 Å². The van der Waals surface area contributed by atoms with E-state index in [2.05, 4.69) is 20.8 Å². The molecular formula is C23H23N5O4. The molecule has 4 N–H and O–H groups in total. The summed E-state index contributed by atoms with van der Waals surface area (Å²) in [6, 6.07) is 10.8. The summed E-state index contributed by atoms with van der Waals surface area (Å²) in [5.74, 6) is -0.476. The average molecular weight is 433 g/mol. The second-order valence-electron chi connectivity index (χ2n) is 7.66. The van der Waals surface area contributed by atoms with E-state index in [-0.39, 0.29) is 24.9 Å². The molecule has 2 heterocycles. The Bertz CT molecular complexity index is 1150. The van der Waals surface area contributed by atoms with E-state index in [1.165, 1.54) is 11.8 Å². The molecule has 1 atom stereocenters. The molecule has 3 aliphatic rings. The number of H-pyrrole nitrogens is 1.